The second-order valence-corrected chi connectivity index (χ2v) is 8.88. The number of aryl methyl sites for hydroxylation is 1. The Morgan fingerprint density at radius 1 is 1.16 bits per heavy atom. The SMILES string of the molecule is Cn1c(=O)n(CCCO)c(=O)c2c1nc(OCCC1CCCC1)n2Cc1ccc(Cl)cc1. The van der Waals surface area contributed by atoms with E-state index in [4.69, 9.17) is 16.3 Å². The summed E-state index contributed by atoms with van der Waals surface area (Å²) in [6, 6.07) is 7.71. The molecule has 1 aliphatic rings. The number of ether oxygens (including phenoxy) is 1. The summed E-state index contributed by atoms with van der Waals surface area (Å²) in [5.74, 6) is 0.671. The first-order chi connectivity index (χ1) is 15.5. The highest BCUT2D eigenvalue weighted by atomic mass is 35.5. The summed E-state index contributed by atoms with van der Waals surface area (Å²) in [6.07, 6.45) is 6.27. The fraction of sp³-hybridized carbons (Fsp3) is 0.522. The maximum Gasteiger partial charge on any atom is 0.332 e. The monoisotopic (exact) mass is 460 g/mol. The van der Waals surface area contributed by atoms with Crippen molar-refractivity contribution < 1.29 is 9.84 Å². The third-order valence-electron chi connectivity index (χ3n) is 6.22. The Morgan fingerprint density at radius 2 is 1.88 bits per heavy atom. The molecule has 32 heavy (non-hydrogen) atoms. The minimum Gasteiger partial charge on any atom is -0.465 e. The molecule has 3 aromatic rings. The number of aromatic nitrogens is 4. The van der Waals surface area contributed by atoms with E-state index in [2.05, 4.69) is 4.98 Å². The van der Waals surface area contributed by atoms with E-state index in [1.165, 1.54) is 30.3 Å². The Labute approximate surface area is 191 Å². The van der Waals surface area contributed by atoms with Gasteiger partial charge in [0.25, 0.3) is 11.6 Å². The summed E-state index contributed by atoms with van der Waals surface area (Å²) < 4.78 is 10.3. The van der Waals surface area contributed by atoms with Crippen LogP contribution < -0.4 is 16.0 Å². The molecule has 0 saturated heterocycles. The fourth-order valence-corrected chi connectivity index (χ4v) is 4.55. The predicted molar refractivity (Wildman–Crippen MR) is 124 cm³/mol. The molecule has 0 amide bonds. The van der Waals surface area contributed by atoms with Gasteiger partial charge in [0.2, 0.25) is 0 Å². The number of imidazole rings is 1. The molecule has 0 aliphatic heterocycles. The molecule has 4 rings (SSSR count). The van der Waals surface area contributed by atoms with Crippen molar-refractivity contribution in [3.63, 3.8) is 0 Å². The molecule has 1 aliphatic carbocycles. The lowest BCUT2D eigenvalue weighted by atomic mass is 10.1. The molecule has 1 fully saturated rings. The molecule has 2 heterocycles. The molecule has 0 bridgehead atoms. The van der Waals surface area contributed by atoms with Gasteiger partial charge in [0, 0.05) is 25.2 Å². The summed E-state index contributed by atoms with van der Waals surface area (Å²) >= 11 is 6.03. The third kappa shape index (κ3) is 4.61. The Kier molecular flexibility index (Phi) is 7.01. The molecule has 1 N–H and O–H groups in total. The molecule has 0 radical (unpaired) electrons. The van der Waals surface area contributed by atoms with Crippen LogP contribution in [0.15, 0.2) is 33.9 Å². The molecule has 172 valence electrons. The van der Waals surface area contributed by atoms with Crippen molar-refractivity contribution in [2.45, 2.75) is 51.6 Å². The van der Waals surface area contributed by atoms with Crippen LogP contribution in [0.1, 0.15) is 44.1 Å². The summed E-state index contributed by atoms with van der Waals surface area (Å²) in [7, 11) is 1.60. The van der Waals surface area contributed by atoms with Crippen molar-refractivity contribution in [2.24, 2.45) is 13.0 Å². The quantitative estimate of drug-likeness (QED) is 0.530. The topological polar surface area (TPSA) is 91.3 Å². The zero-order chi connectivity index (χ0) is 22.7. The van der Waals surface area contributed by atoms with Gasteiger partial charge in [0.1, 0.15) is 0 Å². The molecule has 9 heteroatoms. The van der Waals surface area contributed by atoms with Gasteiger partial charge in [-0.1, -0.05) is 49.4 Å². The normalized spacial score (nSPS) is 14.5. The zero-order valence-electron chi connectivity index (χ0n) is 18.3. The first kappa shape index (κ1) is 22.6. The molecule has 8 nitrogen and oxygen atoms in total. The van der Waals surface area contributed by atoms with Crippen LogP contribution in [-0.2, 0) is 20.1 Å². The fourth-order valence-electron chi connectivity index (χ4n) is 4.42. The van der Waals surface area contributed by atoms with E-state index in [-0.39, 0.29) is 13.2 Å². The van der Waals surface area contributed by atoms with Gasteiger partial charge in [-0.25, -0.2) is 4.79 Å². The molecule has 0 spiro atoms. The Bertz CT molecular complexity index is 1190. The van der Waals surface area contributed by atoms with Crippen molar-refractivity contribution >= 4 is 22.8 Å². The van der Waals surface area contributed by atoms with Crippen LogP contribution in [-0.4, -0.2) is 37.0 Å². The number of nitrogens with zero attached hydrogens (tertiary/aromatic N) is 4. The predicted octanol–water partition coefficient (Wildman–Crippen LogP) is 2.94. The van der Waals surface area contributed by atoms with E-state index in [0.717, 1.165) is 16.6 Å². The number of hydrogen-bond acceptors (Lipinski definition) is 5. The lowest BCUT2D eigenvalue weighted by Gasteiger charge is -2.13. The third-order valence-corrected chi connectivity index (χ3v) is 6.48. The summed E-state index contributed by atoms with van der Waals surface area (Å²) in [5, 5.41) is 9.81. The van der Waals surface area contributed by atoms with Crippen molar-refractivity contribution in [1.82, 2.24) is 18.7 Å². The molecule has 0 unspecified atom stereocenters. The highest BCUT2D eigenvalue weighted by Gasteiger charge is 2.22. The standard InChI is InChI=1S/C23H29ClN4O4/c1-26-20-19(21(30)27(23(26)31)12-4-13-29)28(15-17-7-9-18(24)10-8-17)22(25-20)32-14-11-16-5-2-3-6-16/h7-10,16,29H,2-6,11-15H2,1H3. The van der Waals surface area contributed by atoms with Crippen LogP contribution in [0.5, 0.6) is 6.01 Å². The Morgan fingerprint density at radius 3 is 2.56 bits per heavy atom. The van der Waals surface area contributed by atoms with Gasteiger partial charge in [0.15, 0.2) is 11.2 Å². The first-order valence-electron chi connectivity index (χ1n) is 11.2. The summed E-state index contributed by atoms with van der Waals surface area (Å²) in [6.45, 7) is 0.913. The van der Waals surface area contributed by atoms with Gasteiger partial charge in [-0.3, -0.25) is 18.5 Å². The lowest BCUT2D eigenvalue weighted by molar-refractivity contribution is 0.252. The average Bonchev–Trinajstić information content (AvgIpc) is 3.42. The van der Waals surface area contributed by atoms with Crippen molar-refractivity contribution in [2.75, 3.05) is 13.2 Å². The Balaban J connectivity index is 1.76. The highest BCUT2D eigenvalue weighted by molar-refractivity contribution is 6.30. The van der Waals surface area contributed by atoms with Crippen LogP contribution in [0.2, 0.25) is 5.02 Å². The number of halogens is 1. The van der Waals surface area contributed by atoms with Gasteiger partial charge >= 0.3 is 5.69 Å². The smallest absolute Gasteiger partial charge is 0.332 e. The first-order valence-corrected chi connectivity index (χ1v) is 11.6. The second kappa shape index (κ2) is 9.92. The number of aliphatic hydroxyl groups is 1. The van der Waals surface area contributed by atoms with Crippen molar-refractivity contribution in [3.05, 3.63) is 55.7 Å². The molecule has 0 atom stereocenters. The number of hydrogen-bond donors (Lipinski definition) is 1. The van der Waals surface area contributed by atoms with Crippen LogP contribution in [0, 0.1) is 5.92 Å². The van der Waals surface area contributed by atoms with Gasteiger partial charge in [0.05, 0.1) is 13.2 Å². The molecular formula is C23H29ClN4O4. The van der Waals surface area contributed by atoms with E-state index in [1.807, 2.05) is 12.1 Å². The lowest BCUT2D eigenvalue weighted by Crippen LogP contribution is -2.39. The molecule has 1 aromatic carbocycles. The molecular weight excluding hydrogens is 432 g/mol. The van der Waals surface area contributed by atoms with Gasteiger partial charge in [-0.2, -0.15) is 4.98 Å². The second-order valence-electron chi connectivity index (χ2n) is 8.44. The maximum absolute atomic E-state index is 13.3. The number of fused-ring (bicyclic) bond motifs is 1. The van der Waals surface area contributed by atoms with Crippen molar-refractivity contribution in [1.29, 1.82) is 0 Å². The van der Waals surface area contributed by atoms with Gasteiger partial charge in [-0.15, -0.1) is 0 Å². The number of benzene rings is 1. The van der Waals surface area contributed by atoms with Crippen LogP contribution in [0.3, 0.4) is 0 Å². The van der Waals surface area contributed by atoms with E-state index in [1.54, 1.807) is 23.7 Å². The highest BCUT2D eigenvalue weighted by Crippen LogP contribution is 2.28. The van der Waals surface area contributed by atoms with Crippen LogP contribution >= 0.6 is 11.6 Å². The van der Waals surface area contributed by atoms with E-state index in [0.29, 0.717) is 47.7 Å². The van der Waals surface area contributed by atoms with Crippen LogP contribution in [0.25, 0.3) is 11.2 Å². The van der Waals surface area contributed by atoms with Crippen molar-refractivity contribution in [3.8, 4) is 6.01 Å². The Hall–Kier alpha value is -2.58. The number of rotatable bonds is 9. The van der Waals surface area contributed by atoms with E-state index >= 15 is 0 Å². The summed E-state index contributed by atoms with van der Waals surface area (Å²) in [5.41, 5.74) is 0.665. The minimum absolute atomic E-state index is 0.104. The number of aliphatic hydroxyl groups excluding tert-OH is 1. The maximum atomic E-state index is 13.3. The molecule has 2 aromatic heterocycles. The van der Waals surface area contributed by atoms with E-state index in [9.17, 15) is 14.7 Å². The van der Waals surface area contributed by atoms with Gasteiger partial charge < -0.3 is 9.84 Å². The molecule has 1 saturated carbocycles. The van der Waals surface area contributed by atoms with Crippen LogP contribution in [0.4, 0.5) is 0 Å². The zero-order valence-corrected chi connectivity index (χ0v) is 19.1. The van der Waals surface area contributed by atoms with E-state index < -0.39 is 11.2 Å². The minimum atomic E-state index is -0.454. The largest absolute Gasteiger partial charge is 0.465 e. The average molecular weight is 461 g/mol. The summed E-state index contributed by atoms with van der Waals surface area (Å²) in [4.78, 5) is 30.6. The van der Waals surface area contributed by atoms with Gasteiger partial charge in [-0.05, 0) is 36.5 Å².